The van der Waals surface area contributed by atoms with Crippen molar-refractivity contribution in [2.75, 3.05) is 5.32 Å². The molecule has 0 aliphatic carbocycles. The van der Waals surface area contributed by atoms with Crippen LogP contribution in [-0.4, -0.2) is 11.3 Å². The zero-order chi connectivity index (χ0) is 14.2. The van der Waals surface area contributed by atoms with Crippen LogP contribution in [0, 0.1) is 6.92 Å². The third kappa shape index (κ3) is 2.46. The predicted molar refractivity (Wildman–Crippen MR) is 86.1 cm³/mol. The van der Waals surface area contributed by atoms with E-state index in [1.165, 1.54) is 22.5 Å². The van der Waals surface area contributed by atoms with E-state index in [9.17, 15) is 0 Å². The van der Waals surface area contributed by atoms with Gasteiger partial charge in [-0.3, -0.25) is 4.99 Å². The van der Waals surface area contributed by atoms with E-state index >= 15 is 0 Å². The second kappa shape index (κ2) is 4.78. The number of aliphatic imine (C=N–C) groups is 1. The standard InChI is InChI=1S/C18H20N2/c1-13-8-4-6-10-15(13)19-17-12-18(2,3)20-16-11-7-5-9-14(16)17/h4-11,20H,12H2,1-3H3. The van der Waals surface area contributed by atoms with Crippen molar-refractivity contribution in [2.24, 2.45) is 4.99 Å². The van der Waals surface area contributed by atoms with Gasteiger partial charge < -0.3 is 5.32 Å². The highest BCUT2D eigenvalue weighted by Gasteiger charge is 2.28. The van der Waals surface area contributed by atoms with Gasteiger partial charge in [0.1, 0.15) is 0 Å². The molecule has 0 saturated carbocycles. The fourth-order valence-electron chi connectivity index (χ4n) is 2.70. The van der Waals surface area contributed by atoms with E-state index in [2.05, 4.69) is 68.6 Å². The van der Waals surface area contributed by atoms with E-state index in [4.69, 9.17) is 4.99 Å². The maximum absolute atomic E-state index is 4.93. The highest BCUT2D eigenvalue weighted by atomic mass is 15.0. The average molecular weight is 264 g/mol. The zero-order valence-electron chi connectivity index (χ0n) is 12.3. The lowest BCUT2D eigenvalue weighted by Gasteiger charge is -2.34. The van der Waals surface area contributed by atoms with Crippen LogP contribution in [0.5, 0.6) is 0 Å². The molecule has 0 atom stereocenters. The Morgan fingerprint density at radius 1 is 1.00 bits per heavy atom. The van der Waals surface area contributed by atoms with Crippen molar-refractivity contribution in [3.05, 3.63) is 59.7 Å². The fourth-order valence-corrected chi connectivity index (χ4v) is 2.70. The molecule has 2 heteroatoms. The summed E-state index contributed by atoms with van der Waals surface area (Å²) in [6, 6.07) is 16.7. The van der Waals surface area contributed by atoms with E-state index in [0.29, 0.717) is 0 Å². The Balaban J connectivity index is 2.12. The number of anilines is 1. The average Bonchev–Trinajstić information content (AvgIpc) is 2.40. The predicted octanol–water partition coefficient (Wildman–Crippen LogP) is 4.71. The van der Waals surface area contributed by atoms with Gasteiger partial charge in [0, 0.05) is 23.2 Å². The van der Waals surface area contributed by atoms with Crippen LogP contribution in [0.25, 0.3) is 0 Å². The zero-order valence-corrected chi connectivity index (χ0v) is 12.3. The minimum Gasteiger partial charge on any atom is -0.379 e. The molecular formula is C18H20N2. The topological polar surface area (TPSA) is 24.4 Å². The van der Waals surface area contributed by atoms with E-state index in [1.54, 1.807) is 0 Å². The smallest absolute Gasteiger partial charge is 0.0662 e. The van der Waals surface area contributed by atoms with Crippen molar-refractivity contribution in [3.8, 4) is 0 Å². The van der Waals surface area contributed by atoms with E-state index in [0.717, 1.165) is 12.1 Å². The third-order valence-electron chi connectivity index (χ3n) is 3.69. The Kier molecular flexibility index (Phi) is 3.09. The van der Waals surface area contributed by atoms with Crippen LogP contribution >= 0.6 is 0 Å². The van der Waals surface area contributed by atoms with Crippen LogP contribution < -0.4 is 5.32 Å². The normalized spacial score (nSPS) is 18.4. The molecule has 3 rings (SSSR count). The SMILES string of the molecule is Cc1ccccc1N=C1CC(C)(C)Nc2ccccc21. The molecule has 0 unspecified atom stereocenters. The molecular weight excluding hydrogens is 244 g/mol. The molecule has 0 spiro atoms. The molecule has 0 bridgehead atoms. The molecule has 2 nitrogen and oxygen atoms in total. The molecule has 1 heterocycles. The largest absolute Gasteiger partial charge is 0.379 e. The molecule has 2 aromatic carbocycles. The lowest BCUT2D eigenvalue weighted by Crippen LogP contribution is -2.38. The summed E-state index contributed by atoms with van der Waals surface area (Å²) in [5.41, 5.74) is 5.88. The molecule has 2 aromatic rings. The van der Waals surface area contributed by atoms with Gasteiger partial charge in [0.05, 0.1) is 11.4 Å². The summed E-state index contributed by atoms with van der Waals surface area (Å²) in [6.45, 7) is 6.55. The first-order valence-corrected chi connectivity index (χ1v) is 7.06. The van der Waals surface area contributed by atoms with Gasteiger partial charge >= 0.3 is 0 Å². The van der Waals surface area contributed by atoms with Gasteiger partial charge in [-0.1, -0.05) is 36.4 Å². The molecule has 1 N–H and O–H groups in total. The first kappa shape index (κ1) is 12.9. The van der Waals surface area contributed by atoms with Crippen molar-refractivity contribution in [2.45, 2.75) is 32.7 Å². The summed E-state index contributed by atoms with van der Waals surface area (Å²) >= 11 is 0. The summed E-state index contributed by atoms with van der Waals surface area (Å²) in [4.78, 5) is 4.93. The van der Waals surface area contributed by atoms with Crippen LogP contribution in [0.4, 0.5) is 11.4 Å². The van der Waals surface area contributed by atoms with Crippen LogP contribution in [-0.2, 0) is 0 Å². The Morgan fingerprint density at radius 2 is 1.70 bits per heavy atom. The molecule has 102 valence electrons. The summed E-state index contributed by atoms with van der Waals surface area (Å²) in [7, 11) is 0. The number of aryl methyl sites for hydroxylation is 1. The molecule has 0 aromatic heterocycles. The van der Waals surface area contributed by atoms with E-state index in [1.807, 2.05) is 6.07 Å². The number of benzene rings is 2. The summed E-state index contributed by atoms with van der Waals surface area (Å²) in [5, 5.41) is 3.59. The molecule has 0 fully saturated rings. The molecule has 1 aliphatic rings. The minimum absolute atomic E-state index is 0.0376. The minimum atomic E-state index is 0.0376. The van der Waals surface area contributed by atoms with Crippen LogP contribution in [0.3, 0.4) is 0 Å². The number of hydrogen-bond donors (Lipinski definition) is 1. The molecule has 0 amide bonds. The lowest BCUT2D eigenvalue weighted by atomic mass is 9.87. The van der Waals surface area contributed by atoms with Crippen LogP contribution in [0.15, 0.2) is 53.5 Å². The lowest BCUT2D eigenvalue weighted by molar-refractivity contribution is 0.585. The second-order valence-corrected chi connectivity index (χ2v) is 6.08. The quantitative estimate of drug-likeness (QED) is 0.792. The van der Waals surface area contributed by atoms with Gasteiger partial charge in [-0.05, 0) is 38.5 Å². The van der Waals surface area contributed by atoms with Gasteiger partial charge in [0.15, 0.2) is 0 Å². The summed E-state index contributed by atoms with van der Waals surface area (Å²) in [5.74, 6) is 0. The van der Waals surface area contributed by atoms with Crippen molar-refractivity contribution in [3.63, 3.8) is 0 Å². The number of nitrogens with zero attached hydrogens (tertiary/aromatic N) is 1. The highest BCUT2D eigenvalue weighted by Crippen LogP contribution is 2.32. The summed E-state index contributed by atoms with van der Waals surface area (Å²) < 4.78 is 0. The van der Waals surface area contributed by atoms with Gasteiger partial charge in [-0.25, -0.2) is 0 Å². The van der Waals surface area contributed by atoms with Gasteiger partial charge in [-0.15, -0.1) is 0 Å². The number of nitrogens with one attached hydrogen (secondary N) is 1. The third-order valence-corrected chi connectivity index (χ3v) is 3.69. The number of para-hydroxylation sites is 2. The van der Waals surface area contributed by atoms with Gasteiger partial charge in [0.2, 0.25) is 0 Å². The second-order valence-electron chi connectivity index (χ2n) is 6.08. The Hall–Kier alpha value is -2.09. The fraction of sp³-hybridized carbons (Fsp3) is 0.278. The Labute approximate surface area is 120 Å². The highest BCUT2D eigenvalue weighted by molar-refractivity contribution is 6.08. The van der Waals surface area contributed by atoms with Crippen molar-refractivity contribution in [1.82, 2.24) is 0 Å². The van der Waals surface area contributed by atoms with E-state index < -0.39 is 0 Å². The van der Waals surface area contributed by atoms with Crippen molar-refractivity contribution >= 4 is 17.1 Å². The van der Waals surface area contributed by atoms with E-state index in [-0.39, 0.29) is 5.54 Å². The Bertz CT molecular complexity index is 669. The molecule has 20 heavy (non-hydrogen) atoms. The monoisotopic (exact) mass is 264 g/mol. The number of hydrogen-bond acceptors (Lipinski definition) is 2. The van der Waals surface area contributed by atoms with Gasteiger partial charge in [-0.2, -0.15) is 0 Å². The summed E-state index contributed by atoms with van der Waals surface area (Å²) in [6.07, 6.45) is 0.929. The molecule has 1 aliphatic heterocycles. The Morgan fingerprint density at radius 3 is 2.50 bits per heavy atom. The van der Waals surface area contributed by atoms with Crippen LogP contribution in [0.1, 0.15) is 31.4 Å². The van der Waals surface area contributed by atoms with Gasteiger partial charge in [0.25, 0.3) is 0 Å². The number of fused-ring (bicyclic) bond motifs is 1. The molecule has 0 saturated heterocycles. The molecule has 0 radical (unpaired) electrons. The maximum atomic E-state index is 4.93. The first-order chi connectivity index (χ1) is 9.55. The van der Waals surface area contributed by atoms with Crippen molar-refractivity contribution in [1.29, 1.82) is 0 Å². The maximum Gasteiger partial charge on any atom is 0.0662 e. The number of rotatable bonds is 1. The first-order valence-electron chi connectivity index (χ1n) is 7.06. The van der Waals surface area contributed by atoms with Crippen LogP contribution in [0.2, 0.25) is 0 Å². The van der Waals surface area contributed by atoms with Crippen molar-refractivity contribution < 1.29 is 0 Å².